The summed E-state index contributed by atoms with van der Waals surface area (Å²) in [5.74, 6) is -1.15. The molecule has 1 N–H and O–H groups in total. The third kappa shape index (κ3) is 2.21. The van der Waals surface area contributed by atoms with Crippen LogP contribution in [0.15, 0.2) is 22.9 Å². The molecule has 0 aliphatic carbocycles. The average molecular weight is 232 g/mol. The molecule has 0 aromatic carbocycles. The number of rotatable bonds is 3. The molecule has 4 nitrogen and oxygen atoms in total. The Kier molecular flexibility index (Phi) is 2.77. The van der Waals surface area contributed by atoms with Gasteiger partial charge in [-0.3, -0.25) is 0 Å². The minimum Gasteiger partial charge on any atom is -0.478 e. The highest BCUT2D eigenvalue weighted by Gasteiger charge is 2.14. The van der Waals surface area contributed by atoms with Crippen LogP contribution in [0.5, 0.6) is 0 Å². The summed E-state index contributed by atoms with van der Waals surface area (Å²) in [7, 11) is -3.26. The van der Waals surface area contributed by atoms with E-state index in [2.05, 4.69) is 6.58 Å². The fourth-order valence-electron chi connectivity index (χ4n) is 0.777. The van der Waals surface area contributed by atoms with Crippen LogP contribution in [-0.2, 0) is 14.6 Å². The third-order valence-electron chi connectivity index (χ3n) is 1.56. The van der Waals surface area contributed by atoms with Crippen molar-refractivity contribution in [3.05, 3.63) is 22.9 Å². The minimum absolute atomic E-state index is 0.0927. The number of thiophene rings is 1. The maximum absolute atomic E-state index is 11.1. The lowest BCUT2D eigenvalue weighted by Crippen LogP contribution is -1.96. The van der Waals surface area contributed by atoms with Crippen molar-refractivity contribution in [2.75, 3.05) is 6.26 Å². The standard InChI is InChI=1S/C8H8O4S2/c1-5(8(9)10)7-3-6(4-13-7)14(2,11)12/h3-4H,1H2,2H3,(H,9,10). The first-order chi connectivity index (χ1) is 6.32. The fourth-order valence-corrected chi connectivity index (χ4v) is 2.76. The van der Waals surface area contributed by atoms with Gasteiger partial charge >= 0.3 is 5.97 Å². The van der Waals surface area contributed by atoms with Gasteiger partial charge in [-0.15, -0.1) is 11.3 Å². The molecule has 0 radical (unpaired) electrons. The van der Waals surface area contributed by atoms with E-state index in [1.807, 2.05) is 0 Å². The van der Waals surface area contributed by atoms with Crippen molar-refractivity contribution in [2.45, 2.75) is 4.90 Å². The van der Waals surface area contributed by atoms with E-state index in [1.54, 1.807) is 0 Å². The molecule has 0 unspecified atom stereocenters. The smallest absolute Gasteiger partial charge is 0.336 e. The summed E-state index contributed by atoms with van der Waals surface area (Å²) in [5, 5.41) is 10.0. The van der Waals surface area contributed by atoms with Crippen molar-refractivity contribution in [2.24, 2.45) is 0 Å². The molecule has 14 heavy (non-hydrogen) atoms. The molecule has 1 heterocycles. The molecule has 0 bridgehead atoms. The van der Waals surface area contributed by atoms with Crippen LogP contribution < -0.4 is 0 Å². The van der Waals surface area contributed by atoms with E-state index in [4.69, 9.17) is 5.11 Å². The van der Waals surface area contributed by atoms with E-state index in [0.29, 0.717) is 4.88 Å². The molecule has 76 valence electrons. The van der Waals surface area contributed by atoms with Crippen LogP contribution in [0.3, 0.4) is 0 Å². The van der Waals surface area contributed by atoms with Gasteiger partial charge in [0.2, 0.25) is 0 Å². The van der Waals surface area contributed by atoms with Crippen LogP contribution in [0.1, 0.15) is 4.88 Å². The fraction of sp³-hybridized carbons (Fsp3) is 0.125. The van der Waals surface area contributed by atoms with Crippen molar-refractivity contribution < 1.29 is 18.3 Å². The van der Waals surface area contributed by atoms with Gasteiger partial charge < -0.3 is 5.11 Å². The second-order valence-electron chi connectivity index (χ2n) is 2.70. The number of sulfone groups is 1. The first-order valence-electron chi connectivity index (χ1n) is 3.53. The number of carbonyl (C=O) groups is 1. The van der Waals surface area contributed by atoms with E-state index >= 15 is 0 Å². The molecule has 0 aliphatic heterocycles. The summed E-state index contributed by atoms with van der Waals surface area (Å²) < 4.78 is 22.1. The Bertz CT molecular complexity index is 481. The highest BCUT2D eigenvalue weighted by molar-refractivity contribution is 7.90. The zero-order valence-corrected chi connectivity index (χ0v) is 8.98. The third-order valence-corrected chi connectivity index (χ3v) is 3.79. The zero-order valence-electron chi connectivity index (χ0n) is 7.35. The lowest BCUT2D eigenvalue weighted by molar-refractivity contribution is -0.130. The maximum Gasteiger partial charge on any atom is 0.336 e. The molecule has 0 amide bonds. The molecule has 0 saturated heterocycles. The highest BCUT2D eigenvalue weighted by Crippen LogP contribution is 2.24. The molecule has 6 heteroatoms. The number of carboxylic acid groups (broad SMARTS) is 1. The lowest BCUT2D eigenvalue weighted by Gasteiger charge is -1.93. The molecule has 0 spiro atoms. The topological polar surface area (TPSA) is 71.4 Å². The van der Waals surface area contributed by atoms with Gasteiger partial charge in [0.1, 0.15) is 0 Å². The second kappa shape index (κ2) is 3.55. The normalized spacial score (nSPS) is 11.2. The van der Waals surface area contributed by atoms with Gasteiger partial charge in [0.05, 0.1) is 10.5 Å². The molecule has 0 saturated carbocycles. The SMILES string of the molecule is C=C(C(=O)O)c1cc(S(C)(=O)=O)cs1. The number of hydrogen-bond donors (Lipinski definition) is 1. The van der Waals surface area contributed by atoms with Crippen molar-refractivity contribution >= 4 is 32.7 Å². The number of carboxylic acids is 1. The van der Waals surface area contributed by atoms with Crippen LogP contribution in [0.4, 0.5) is 0 Å². The van der Waals surface area contributed by atoms with Gasteiger partial charge in [-0.25, -0.2) is 13.2 Å². The van der Waals surface area contributed by atoms with Gasteiger partial charge in [-0.1, -0.05) is 6.58 Å². The van der Waals surface area contributed by atoms with Crippen molar-refractivity contribution in [3.8, 4) is 0 Å². The Morgan fingerprint density at radius 3 is 2.50 bits per heavy atom. The summed E-state index contributed by atoms with van der Waals surface area (Å²) in [6.07, 6.45) is 1.07. The van der Waals surface area contributed by atoms with E-state index in [1.165, 1.54) is 11.4 Å². The van der Waals surface area contributed by atoms with Crippen LogP contribution in [-0.4, -0.2) is 25.7 Å². The molecule has 0 atom stereocenters. The monoisotopic (exact) mass is 232 g/mol. The molecule has 1 aromatic heterocycles. The Hall–Kier alpha value is -1.14. The first-order valence-corrected chi connectivity index (χ1v) is 6.30. The average Bonchev–Trinajstić information content (AvgIpc) is 2.49. The van der Waals surface area contributed by atoms with E-state index in [-0.39, 0.29) is 10.5 Å². The van der Waals surface area contributed by atoms with Gasteiger partial charge in [0, 0.05) is 16.5 Å². The Balaban J connectivity index is 3.13. The Morgan fingerprint density at radius 1 is 1.57 bits per heavy atom. The van der Waals surface area contributed by atoms with Gasteiger partial charge in [0.15, 0.2) is 9.84 Å². The van der Waals surface area contributed by atoms with Crippen LogP contribution >= 0.6 is 11.3 Å². The van der Waals surface area contributed by atoms with E-state index < -0.39 is 15.8 Å². The molecular weight excluding hydrogens is 224 g/mol. The highest BCUT2D eigenvalue weighted by atomic mass is 32.2. The lowest BCUT2D eigenvalue weighted by atomic mass is 10.2. The summed E-state index contributed by atoms with van der Waals surface area (Å²) in [4.78, 5) is 11.0. The predicted octanol–water partition coefficient (Wildman–Crippen LogP) is 1.25. The number of aliphatic carboxylic acids is 1. The first kappa shape index (κ1) is 10.9. The number of hydrogen-bond acceptors (Lipinski definition) is 4. The second-order valence-corrected chi connectivity index (χ2v) is 5.63. The van der Waals surface area contributed by atoms with Crippen LogP contribution in [0, 0.1) is 0 Å². The van der Waals surface area contributed by atoms with Gasteiger partial charge in [-0.2, -0.15) is 0 Å². The van der Waals surface area contributed by atoms with Crippen molar-refractivity contribution in [1.82, 2.24) is 0 Å². The Morgan fingerprint density at radius 2 is 2.14 bits per heavy atom. The Labute approximate surface area is 85.4 Å². The summed E-state index contributed by atoms with van der Waals surface area (Å²) in [6.45, 7) is 3.34. The van der Waals surface area contributed by atoms with Crippen LogP contribution in [0.2, 0.25) is 0 Å². The van der Waals surface area contributed by atoms with Crippen LogP contribution in [0.25, 0.3) is 5.57 Å². The summed E-state index contributed by atoms with van der Waals surface area (Å²) in [5.41, 5.74) is -0.0927. The van der Waals surface area contributed by atoms with Crippen molar-refractivity contribution in [1.29, 1.82) is 0 Å². The molecule has 1 aromatic rings. The van der Waals surface area contributed by atoms with E-state index in [9.17, 15) is 13.2 Å². The zero-order chi connectivity index (χ0) is 10.9. The van der Waals surface area contributed by atoms with Gasteiger partial charge in [0.25, 0.3) is 0 Å². The minimum atomic E-state index is -3.26. The summed E-state index contributed by atoms with van der Waals surface area (Å²) in [6, 6.07) is 1.32. The molecule has 0 fully saturated rings. The maximum atomic E-state index is 11.1. The molecular formula is C8H8O4S2. The largest absolute Gasteiger partial charge is 0.478 e. The molecule has 0 aliphatic rings. The molecule has 1 rings (SSSR count). The van der Waals surface area contributed by atoms with Gasteiger partial charge in [-0.05, 0) is 6.07 Å². The van der Waals surface area contributed by atoms with Crippen molar-refractivity contribution in [3.63, 3.8) is 0 Å². The van der Waals surface area contributed by atoms with E-state index in [0.717, 1.165) is 17.6 Å². The summed E-state index contributed by atoms with van der Waals surface area (Å²) >= 11 is 1.05. The predicted molar refractivity (Wildman–Crippen MR) is 54.1 cm³/mol. The quantitative estimate of drug-likeness (QED) is 0.796.